The second kappa shape index (κ2) is 9.50. The van der Waals surface area contributed by atoms with Gasteiger partial charge < -0.3 is 19.5 Å². The van der Waals surface area contributed by atoms with Crippen LogP contribution in [0.15, 0.2) is 72.9 Å². The van der Waals surface area contributed by atoms with Crippen molar-refractivity contribution in [2.45, 2.75) is 32.9 Å². The third-order valence-electron chi connectivity index (χ3n) is 6.60. The number of hydrogen-bond acceptors (Lipinski definition) is 4. The molecule has 5 rings (SSSR count). The molecule has 0 saturated carbocycles. The van der Waals surface area contributed by atoms with Crippen LogP contribution in [0.5, 0.6) is 0 Å². The number of ether oxygens (including phenoxy) is 1. The van der Waals surface area contributed by atoms with E-state index in [1.165, 1.54) is 10.8 Å². The van der Waals surface area contributed by atoms with Crippen LogP contribution in [-0.4, -0.2) is 38.7 Å². The van der Waals surface area contributed by atoms with Crippen LogP contribution < -0.4 is 5.32 Å². The van der Waals surface area contributed by atoms with E-state index in [0.29, 0.717) is 11.7 Å². The molecule has 2 atom stereocenters. The van der Waals surface area contributed by atoms with Gasteiger partial charge in [-0.3, -0.25) is 9.78 Å². The Morgan fingerprint density at radius 1 is 1.09 bits per heavy atom. The van der Waals surface area contributed by atoms with E-state index in [2.05, 4.69) is 77.2 Å². The Kier molecular flexibility index (Phi) is 6.26. The Hall–Kier alpha value is -3.71. The number of aryl methyl sites for hydroxylation is 1. The standard InChI is InChI=1S/C28H28N4O2S/c1-4-34-25(33)17-31-27(26(30-28(31)35)23-13-7-8-15-29-23)22-16-18(2)32(19(22)3)24-14-9-11-20-10-5-6-12-21(20)24/h5-16,26-27H,4,17H2,1-3H3,(H,30,35)/t26-,27-/m1/s1. The first kappa shape index (κ1) is 23.1. The van der Waals surface area contributed by atoms with Crippen LogP contribution in [0.1, 0.15) is 41.7 Å². The van der Waals surface area contributed by atoms with Crippen molar-refractivity contribution in [1.29, 1.82) is 0 Å². The molecule has 6 nitrogen and oxygen atoms in total. The Bertz CT molecular complexity index is 1390. The summed E-state index contributed by atoms with van der Waals surface area (Å²) in [5.74, 6) is -0.300. The highest BCUT2D eigenvalue weighted by molar-refractivity contribution is 7.80. The highest BCUT2D eigenvalue weighted by Gasteiger charge is 2.42. The second-order valence-electron chi connectivity index (χ2n) is 8.72. The van der Waals surface area contributed by atoms with Crippen LogP contribution in [0.25, 0.3) is 16.5 Å². The van der Waals surface area contributed by atoms with Crippen molar-refractivity contribution in [2.75, 3.05) is 13.2 Å². The molecular weight excluding hydrogens is 456 g/mol. The molecule has 7 heteroatoms. The summed E-state index contributed by atoms with van der Waals surface area (Å²) in [5.41, 5.74) is 5.32. The molecular formula is C28H28N4O2S. The molecule has 1 aliphatic heterocycles. The third kappa shape index (κ3) is 4.17. The summed E-state index contributed by atoms with van der Waals surface area (Å²) in [6.07, 6.45) is 1.78. The van der Waals surface area contributed by atoms with Gasteiger partial charge in [0.15, 0.2) is 5.11 Å². The Morgan fingerprint density at radius 2 is 1.86 bits per heavy atom. The van der Waals surface area contributed by atoms with Crippen LogP contribution >= 0.6 is 12.2 Å². The molecule has 1 aliphatic rings. The normalized spacial score (nSPS) is 17.6. The average Bonchev–Trinajstić information content (AvgIpc) is 3.34. The van der Waals surface area contributed by atoms with Crippen molar-refractivity contribution in [3.05, 3.63) is 95.6 Å². The van der Waals surface area contributed by atoms with Gasteiger partial charge in [0.2, 0.25) is 0 Å². The van der Waals surface area contributed by atoms with Gasteiger partial charge in [0.25, 0.3) is 0 Å². The number of thiocarbonyl (C=S) groups is 1. The van der Waals surface area contributed by atoms with Crippen LogP contribution in [0, 0.1) is 13.8 Å². The van der Waals surface area contributed by atoms with Gasteiger partial charge in [0, 0.05) is 23.0 Å². The zero-order valence-corrected chi connectivity index (χ0v) is 20.9. The number of nitrogens with one attached hydrogen (secondary N) is 1. The molecule has 4 aromatic rings. The van der Waals surface area contributed by atoms with E-state index < -0.39 is 0 Å². The van der Waals surface area contributed by atoms with E-state index in [-0.39, 0.29) is 24.6 Å². The van der Waals surface area contributed by atoms with Gasteiger partial charge in [-0.2, -0.15) is 0 Å². The lowest BCUT2D eigenvalue weighted by molar-refractivity contribution is -0.143. The molecule has 1 fully saturated rings. The monoisotopic (exact) mass is 484 g/mol. The maximum absolute atomic E-state index is 12.5. The van der Waals surface area contributed by atoms with Gasteiger partial charge in [-0.05, 0) is 68.2 Å². The van der Waals surface area contributed by atoms with Crippen molar-refractivity contribution in [1.82, 2.24) is 19.8 Å². The van der Waals surface area contributed by atoms with Crippen molar-refractivity contribution >= 4 is 34.1 Å². The number of aromatic nitrogens is 2. The fraction of sp³-hybridized carbons (Fsp3) is 0.250. The molecule has 35 heavy (non-hydrogen) atoms. The van der Waals surface area contributed by atoms with Gasteiger partial charge in [0.05, 0.1) is 30.1 Å². The number of pyridine rings is 1. The Balaban J connectivity index is 1.65. The van der Waals surface area contributed by atoms with Crippen LogP contribution in [-0.2, 0) is 9.53 Å². The van der Waals surface area contributed by atoms with Crippen LogP contribution in [0.4, 0.5) is 0 Å². The molecule has 1 N–H and O–H groups in total. The molecule has 3 heterocycles. The third-order valence-corrected chi connectivity index (χ3v) is 6.95. The first-order valence-corrected chi connectivity index (χ1v) is 12.2. The average molecular weight is 485 g/mol. The van der Waals surface area contributed by atoms with Crippen molar-refractivity contribution in [2.24, 2.45) is 0 Å². The van der Waals surface area contributed by atoms with E-state index in [0.717, 1.165) is 28.3 Å². The predicted molar refractivity (Wildman–Crippen MR) is 142 cm³/mol. The summed E-state index contributed by atoms with van der Waals surface area (Å²) in [6.45, 7) is 6.46. The van der Waals surface area contributed by atoms with Crippen LogP contribution in [0.2, 0.25) is 0 Å². The van der Waals surface area contributed by atoms with E-state index in [4.69, 9.17) is 17.0 Å². The summed E-state index contributed by atoms with van der Waals surface area (Å²) in [4.78, 5) is 19.1. The molecule has 0 aliphatic carbocycles. The van der Waals surface area contributed by atoms with E-state index in [1.807, 2.05) is 30.0 Å². The largest absolute Gasteiger partial charge is 0.465 e. The summed E-state index contributed by atoms with van der Waals surface area (Å²) in [5, 5.41) is 6.32. The topological polar surface area (TPSA) is 59.4 Å². The lowest BCUT2D eigenvalue weighted by atomic mass is 9.96. The molecule has 2 aromatic heterocycles. The summed E-state index contributed by atoms with van der Waals surface area (Å²) < 4.78 is 7.55. The number of fused-ring (bicyclic) bond motifs is 1. The van der Waals surface area contributed by atoms with E-state index in [9.17, 15) is 4.79 Å². The SMILES string of the molecule is CCOC(=O)CN1C(=S)N[C@H](c2ccccn2)[C@H]1c1cc(C)n(-c2cccc3ccccc23)c1C. The molecule has 0 radical (unpaired) electrons. The molecule has 2 aromatic carbocycles. The van der Waals surface area contributed by atoms with E-state index >= 15 is 0 Å². The zero-order valence-electron chi connectivity index (χ0n) is 20.1. The van der Waals surface area contributed by atoms with Gasteiger partial charge in [-0.1, -0.05) is 42.5 Å². The molecule has 1 saturated heterocycles. The lowest BCUT2D eigenvalue weighted by Gasteiger charge is -2.27. The maximum atomic E-state index is 12.5. The Labute approximate surface area is 210 Å². The number of carbonyl (C=O) groups is 1. The number of hydrogen-bond donors (Lipinski definition) is 1. The summed E-state index contributed by atoms with van der Waals surface area (Å²) >= 11 is 5.71. The van der Waals surface area contributed by atoms with Gasteiger partial charge >= 0.3 is 5.97 Å². The number of benzene rings is 2. The number of carbonyl (C=O) groups excluding carboxylic acids is 1. The number of rotatable bonds is 6. The molecule has 0 amide bonds. The number of esters is 1. The molecule has 178 valence electrons. The maximum Gasteiger partial charge on any atom is 0.325 e. The van der Waals surface area contributed by atoms with Gasteiger partial charge in [-0.15, -0.1) is 0 Å². The summed E-state index contributed by atoms with van der Waals surface area (Å²) in [7, 11) is 0. The highest BCUT2D eigenvalue weighted by Crippen LogP contribution is 2.41. The van der Waals surface area contributed by atoms with Crippen molar-refractivity contribution in [3.8, 4) is 5.69 Å². The highest BCUT2D eigenvalue weighted by atomic mass is 32.1. The van der Waals surface area contributed by atoms with Gasteiger partial charge in [-0.25, -0.2) is 0 Å². The fourth-order valence-electron chi connectivity index (χ4n) is 5.12. The minimum Gasteiger partial charge on any atom is -0.465 e. The number of nitrogens with zero attached hydrogens (tertiary/aromatic N) is 3. The molecule has 0 bridgehead atoms. The van der Waals surface area contributed by atoms with Gasteiger partial charge in [0.1, 0.15) is 6.54 Å². The van der Waals surface area contributed by atoms with Crippen molar-refractivity contribution in [3.63, 3.8) is 0 Å². The van der Waals surface area contributed by atoms with E-state index in [1.54, 1.807) is 6.20 Å². The fourth-order valence-corrected chi connectivity index (χ4v) is 5.43. The quantitative estimate of drug-likeness (QED) is 0.301. The zero-order chi connectivity index (χ0) is 24.5. The molecule has 0 unspecified atom stereocenters. The predicted octanol–water partition coefficient (Wildman–Crippen LogP) is 5.18. The summed E-state index contributed by atoms with van der Waals surface area (Å²) in [6, 6.07) is 22.4. The first-order chi connectivity index (χ1) is 17.0. The van der Waals surface area contributed by atoms with Crippen molar-refractivity contribution < 1.29 is 9.53 Å². The lowest BCUT2D eigenvalue weighted by Crippen LogP contribution is -2.35. The second-order valence-corrected chi connectivity index (χ2v) is 9.11. The Morgan fingerprint density at radius 3 is 2.63 bits per heavy atom. The van der Waals surface area contributed by atoms with Crippen LogP contribution in [0.3, 0.4) is 0 Å². The smallest absolute Gasteiger partial charge is 0.325 e. The molecule has 0 spiro atoms. The minimum absolute atomic E-state index is 0.0750. The minimum atomic E-state index is -0.300. The first-order valence-electron chi connectivity index (χ1n) is 11.8.